The molecular formula is C45H52N8O6. The lowest BCUT2D eigenvalue weighted by Gasteiger charge is -2.30. The lowest BCUT2D eigenvalue weighted by Crippen LogP contribution is -2.51. The highest BCUT2D eigenvalue weighted by atomic mass is 16.5. The summed E-state index contributed by atoms with van der Waals surface area (Å²) in [6.45, 7) is 10.6. The number of amides is 4. The molecule has 1 saturated heterocycles. The Morgan fingerprint density at radius 2 is 1.20 bits per heavy atom. The average molecular weight is 801 g/mol. The van der Waals surface area contributed by atoms with Crippen LogP contribution in [0.3, 0.4) is 0 Å². The first-order valence-corrected chi connectivity index (χ1v) is 20.1. The number of nitrogens with zero attached hydrogens (tertiary/aromatic N) is 4. The van der Waals surface area contributed by atoms with Crippen molar-refractivity contribution in [2.45, 2.75) is 71.6 Å². The van der Waals surface area contributed by atoms with Crippen LogP contribution in [0.1, 0.15) is 71.2 Å². The zero-order valence-electron chi connectivity index (χ0n) is 34.5. The Morgan fingerprint density at radius 1 is 0.695 bits per heavy atom. The first-order valence-electron chi connectivity index (χ1n) is 20.1. The van der Waals surface area contributed by atoms with Gasteiger partial charge in [0.2, 0.25) is 11.8 Å². The molecule has 59 heavy (non-hydrogen) atoms. The summed E-state index contributed by atoms with van der Waals surface area (Å²) in [5.74, 6) is 0.798. The predicted octanol–water partition coefficient (Wildman–Crippen LogP) is 7.54. The molecule has 5 aromatic rings. The van der Waals surface area contributed by atoms with E-state index >= 15 is 0 Å². The standard InChI is InChI=1S/C45H52N8O6/c1-25(2)38(50-44(56)58-6)42(54)52-18-8-9-36(52)40-46-23-35(49-40)33-17-16-31-20-30(14-15-32(31)21-33)28-10-12-29(13-11-28)34-22-47-41(48-34)37-19-27(5)24-53(37)43(55)39(26(3)4)51-45(57)59-7/h10-17,19-23,25-26,36-39H,8-9,18,24H2,1-7H3,(H,46,49)(H,47,48)(H,50,56)(H,51,57). The molecule has 2 aliphatic rings. The number of rotatable bonds is 11. The maximum absolute atomic E-state index is 13.7. The van der Waals surface area contributed by atoms with E-state index < -0.39 is 24.3 Å². The van der Waals surface area contributed by atoms with Gasteiger partial charge in [-0.25, -0.2) is 19.6 Å². The number of imidazole rings is 2. The van der Waals surface area contributed by atoms with E-state index in [-0.39, 0.29) is 35.7 Å². The molecule has 0 spiro atoms. The Morgan fingerprint density at radius 3 is 1.81 bits per heavy atom. The van der Waals surface area contributed by atoms with E-state index in [0.29, 0.717) is 18.9 Å². The summed E-state index contributed by atoms with van der Waals surface area (Å²) < 4.78 is 9.54. The summed E-state index contributed by atoms with van der Waals surface area (Å²) in [7, 11) is 2.57. The van der Waals surface area contributed by atoms with Gasteiger partial charge in [0.25, 0.3) is 0 Å². The minimum Gasteiger partial charge on any atom is -0.453 e. The largest absolute Gasteiger partial charge is 0.453 e. The van der Waals surface area contributed by atoms with Crippen LogP contribution in [-0.4, -0.2) is 93.1 Å². The van der Waals surface area contributed by atoms with Crippen molar-refractivity contribution >= 4 is 34.8 Å². The van der Waals surface area contributed by atoms with E-state index in [1.807, 2.05) is 51.8 Å². The Kier molecular flexibility index (Phi) is 11.9. The van der Waals surface area contributed by atoms with Gasteiger partial charge in [-0.1, -0.05) is 87.9 Å². The molecule has 1 fully saturated rings. The van der Waals surface area contributed by atoms with Crippen molar-refractivity contribution < 1.29 is 28.7 Å². The molecule has 7 rings (SSSR count). The summed E-state index contributed by atoms with van der Waals surface area (Å²) >= 11 is 0. The highest BCUT2D eigenvalue weighted by Crippen LogP contribution is 2.35. The number of fused-ring (bicyclic) bond motifs is 1. The van der Waals surface area contributed by atoms with Crippen LogP contribution in [0, 0.1) is 11.8 Å². The Bertz CT molecular complexity index is 2380. The first kappa shape index (κ1) is 40.7. The molecule has 0 saturated carbocycles. The van der Waals surface area contributed by atoms with Crippen LogP contribution in [0.2, 0.25) is 0 Å². The lowest BCUT2D eigenvalue weighted by atomic mass is 9.98. The third kappa shape index (κ3) is 8.57. The fourth-order valence-electron chi connectivity index (χ4n) is 8.01. The fraction of sp³-hybridized carbons (Fsp3) is 0.378. The molecule has 4 amide bonds. The molecule has 2 aromatic heterocycles. The summed E-state index contributed by atoms with van der Waals surface area (Å²) in [6.07, 6.45) is 5.99. The number of aromatic nitrogens is 4. The van der Waals surface area contributed by atoms with Gasteiger partial charge in [0.1, 0.15) is 29.8 Å². The third-order valence-electron chi connectivity index (χ3n) is 11.3. The van der Waals surface area contributed by atoms with Crippen molar-refractivity contribution in [1.82, 2.24) is 40.4 Å². The quantitative estimate of drug-likeness (QED) is 0.0992. The summed E-state index contributed by atoms with van der Waals surface area (Å²) in [5, 5.41) is 7.57. The molecular weight excluding hydrogens is 749 g/mol. The van der Waals surface area contributed by atoms with Gasteiger partial charge in [-0.3, -0.25) is 9.59 Å². The van der Waals surface area contributed by atoms with Crippen molar-refractivity contribution in [3.05, 3.63) is 96.4 Å². The van der Waals surface area contributed by atoms with Gasteiger partial charge < -0.3 is 39.9 Å². The molecule has 3 aromatic carbocycles. The molecule has 2 aliphatic heterocycles. The van der Waals surface area contributed by atoms with Crippen molar-refractivity contribution in [3.63, 3.8) is 0 Å². The Labute approximate surface area is 343 Å². The van der Waals surface area contributed by atoms with Gasteiger partial charge >= 0.3 is 12.2 Å². The Hall–Kier alpha value is -6.44. The highest BCUT2D eigenvalue weighted by Gasteiger charge is 2.38. The second-order valence-electron chi connectivity index (χ2n) is 16.0. The number of hydrogen-bond donors (Lipinski definition) is 4. The average Bonchev–Trinajstić information content (AvgIpc) is 4.08. The zero-order chi connectivity index (χ0) is 42.0. The van der Waals surface area contributed by atoms with Gasteiger partial charge in [-0.05, 0) is 71.2 Å². The number of methoxy groups -OCH3 is 2. The van der Waals surface area contributed by atoms with Crippen LogP contribution in [-0.2, 0) is 19.1 Å². The summed E-state index contributed by atoms with van der Waals surface area (Å²) in [5.41, 5.74) is 6.85. The number of ether oxygens (including phenoxy) is 2. The molecule has 0 aliphatic carbocycles. The number of H-pyrrole nitrogens is 2. The predicted molar refractivity (Wildman–Crippen MR) is 225 cm³/mol. The fourth-order valence-corrected chi connectivity index (χ4v) is 8.01. The van der Waals surface area contributed by atoms with Gasteiger partial charge in [-0.15, -0.1) is 0 Å². The second-order valence-corrected chi connectivity index (χ2v) is 16.0. The van der Waals surface area contributed by atoms with Gasteiger partial charge in [0.05, 0.1) is 44.0 Å². The van der Waals surface area contributed by atoms with E-state index in [1.165, 1.54) is 14.2 Å². The van der Waals surface area contributed by atoms with E-state index in [1.54, 1.807) is 11.1 Å². The number of benzene rings is 3. The van der Waals surface area contributed by atoms with E-state index in [2.05, 4.69) is 86.2 Å². The van der Waals surface area contributed by atoms with E-state index in [9.17, 15) is 19.2 Å². The highest BCUT2D eigenvalue weighted by molar-refractivity contribution is 5.91. The smallest absolute Gasteiger partial charge is 0.407 e. The zero-order valence-corrected chi connectivity index (χ0v) is 34.5. The number of hydrogen-bond acceptors (Lipinski definition) is 8. The van der Waals surface area contributed by atoms with Crippen LogP contribution >= 0.6 is 0 Å². The van der Waals surface area contributed by atoms with Crippen LogP contribution < -0.4 is 10.6 Å². The number of alkyl carbamates (subject to hydrolysis) is 2. The maximum Gasteiger partial charge on any atom is 0.407 e. The topological polar surface area (TPSA) is 175 Å². The van der Waals surface area contributed by atoms with Gasteiger partial charge in [0.15, 0.2) is 0 Å². The maximum atomic E-state index is 13.7. The lowest BCUT2D eigenvalue weighted by molar-refractivity contribution is -0.136. The molecule has 4 heterocycles. The van der Waals surface area contributed by atoms with E-state index in [0.717, 1.165) is 68.7 Å². The van der Waals surface area contributed by atoms with Crippen molar-refractivity contribution in [2.75, 3.05) is 27.3 Å². The van der Waals surface area contributed by atoms with Crippen LogP contribution in [0.15, 0.2) is 84.7 Å². The van der Waals surface area contributed by atoms with Crippen molar-refractivity contribution in [3.8, 4) is 33.6 Å². The number of nitrogens with one attached hydrogen (secondary N) is 4. The minimum absolute atomic E-state index is 0.107. The molecule has 4 N–H and O–H groups in total. The molecule has 4 atom stereocenters. The molecule has 0 radical (unpaired) electrons. The second kappa shape index (κ2) is 17.2. The van der Waals surface area contributed by atoms with Crippen LogP contribution in [0.25, 0.3) is 44.4 Å². The monoisotopic (exact) mass is 800 g/mol. The van der Waals surface area contributed by atoms with Gasteiger partial charge in [0, 0.05) is 18.7 Å². The number of carbonyl (C=O) groups is 4. The summed E-state index contributed by atoms with van der Waals surface area (Å²) in [6, 6.07) is 19.0. The molecule has 308 valence electrons. The summed E-state index contributed by atoms with van der Waals surface area (Å²) in [4.78, 5) is 71.1. The normalized spacial score (nSPS) is 17.6. The van der Waals surface area contributed by atoms with Crippen molar-refractivity contribution in [2.24, 2.45) is 11.8 Å². The number of carbonyl (C=O) groups excluding carboxylic acids is 4. The molecule has 0 bridgehead atoms. The van der Waals surface area contributed by atoms with Crippen molar-refractivity contribution in [1.29, 1.82) is 0 Å². The van der Waals surface area contributed by atoms with Crippen LogP contribution in [0.5, 0.6) is 0 Å². The number of aromatic amines is 2. The molecule has 14 heteroatoms. The number of likely N-dealkylation sites (tertiary alicyclic amines) is 1. The van der Waals surface area contributed by atoms with E-state index in [4.69, 9.17) is 14.5 Å². The third-order valence-corrected chi connectivity index (χ3v) is 11.3. The molecule has 14 nitrogen and oxygen atoms in total. The van der Waals surface area contributed by atoms with Gasteiger partial charge in [-0.2, -0.15) is 0 Å². The Balaban J connectivity index is 1.04. The minimum atomic E-state index is -0.732. The molecule has 4 unspecified atom stereocenters. The first-order chi connectivity index (χ1) is 28.3. The van der Waals surface area contributed by atoms with Crippen LogP contribution in [0.4, 0.5) is 9.59 Å². The SMILES string of the molecule is COC(=O)NC(C(=O)N1CC(C)=CC1c1ncc(-c2ccc(-c3ccc4cc(-c5cnc(C6CCCN6C(=O)C(NC(=O)OC)C(C)C)[nH]5)ccc4c3)cc2)[nH]1)C(C)C.